The smallest absolute Gasteiger partial charge is 0.377 e. The zero-order valence-corrected chi connectivity index (χ0v) is 9.89. The molecular weight excluding hydrogens is 223 g/mol. The van der Waals surface area contributed by atoms with E-state index in [-0.39, 0.29) is 5.76 Å². The first-order valence-electron chi connectivity index (χ1n) is 4.87. The molecule has 17 heavy (non-hydrogen) atoms. The number of rotatable bonds is 4. The number of hydrogen-bond donors (Lipinski definition) is 1. The number of methoxy groups -OCH3 is 1. The maximum Gasteiger partial charge on any atom is 0.377 e. The van der Waals surface area contributed by atoms with E-state index in [9.17, 15) is 4.79 Å². The standard InChI is InChI=1S/C11H13BO5/c1-7-3-4-8(17-12)5-9(7)16-10(6-13)11(14)15-2/h3-6,13H,12H2,1-2H3/b10-6-. The Kier molecular flexibility index (Phi) is 4.45. The molecule has 0 spiro atoms. The largest absolute Gasteiger partial charge is 0.568 e. The second-order valence-corrected chi connectivity index (χ2v) is 3.22. The lowest BCUT2D eigenvalue weighted by Gasteiger charge is -2.11. The van der Waals surface area contributed by atoms with Crippen molar-refractivity contribution in [2.75, 3.05) is 7.11 Å². The first-order chi connectivity index (χ1) is 8.12. The first-order valence-corrected chi connectivity index (χ1v) is 4.87. The predicted octanol–water partition coefficient (Wildman–Crippen LogP) is 0.873. The quantitative estimate of drug-likeness (QED) is 0.363. The van der Waals surface area contributed by atoms with Crippen LogP contribution in [0.15, 0.2) is 30.2 Å². The van der Waals surface area contributed by atoms with E-state index in [2.05, 4.69) is 4.74 Å². The van der Waals surface area contributed by atoms with Crippen LogP contribution in [0.4, 0.5) is 0 Å². The van der Waals surface area contributed by atoms with Crippen LogP contribution < -0.4 is 9.39 Å². The molecular formula is C11H13BO5. The van der Waals surface area contributed by atoms with Crippen molar-refractivity contribution in [2.45, 2.75) is 6.92 Å². The third-order valence-electron chi connectivity index (χ3n) is 2.12. The Morgan fingerprint density at radius 3 is 2.71 bits per heavy atom. The predicted molar refractivity (Wildman–Crippen MR) is 63.7 cm³/mol. The van der Waals surface area contributed by atoms with Gasteiger partial charge in [-0.25, -0.2) is 4.79 Å². The highest BCUT2D eigenvalue weighted by molar-refractivity contribution is 6.00. The summed E-state index contributed by atoms with van der Waals surface area (Å²) in [4.78, 5) is 11.2. The van der Waals surface area contributed by atoms with Crippen LogP contribution in [0.3, 0.4) is 0 Å². The van der Waals surface area contributed by atoms with Gasteiger partial charge in [-0.05, 0) is 18.6 Å². The summed E-state index contributed by atoms with van der Waals surface area (Å²) in [6.45, 7) is 1.81. The highest BCUT2D eigenvalue weighted by atomic mass is 16.6. The lowest BCUT2D eigenvalue weighted by molar-refractivity contribution is -0.138. The van der Waals surface area contributed by atoms with E-state index in [0.717, 1.165) is 5.56 Å². The number of ether oxygens (including phenoxy) is 2. The van der Waals surface area contributed by atoms with Crippen molar-refractivity contribution in [3.63, 3.8) is 0 Å². The molecule has 0 bridgehead atoms. The molecule has 0 unspecified atom stereocenters. The molecule has 0 atom stereocenters. The Labute approximate surface area is 100 Å². The maximum absolute atomic E-state index is 11.2. The highest BCUT2D eigenvalue weighted by Crippen LogP contribution is 2.25. The second kappa shape index (κ2) is 5.84. The highest BCUT2D eigenvalue weighted by Gasteiger charge is 2.14. The van der Waals surface area contributed by atoms with E-state index in [1.165, 1.54) is 15.2 Å². The minimum Gasteiger partial charge on any atom is -0.568 e. The lowest BCUT2D eigenvalue weighted by atomic mass is 10.2. The summed E-state index contributed by atoms with van der Waals surface area (Å²) >= 11 is 0. The summed E-state index contributed by atoms with van der Waals surface area (Å²) in [6, 6.07) is 5.16. The van der Waals surface area contributed by atoms with Crippen molar-refractivity contribution in [3.05, 3.63) is 35.8 Å². The minimum atomic E-state index is -0.755. The van der Waals surface area contributed by atoms with Gasteiger partial charge in [0.05, 0.1) is 7.11 Å². The number of hydrogen-bond acceptors (Lipinski definition) is 5. The fourth-order valence-electron chi connectivity index (χ4n) is 1.16. The van der Waals surface area contributed by atoms with Crippen molar-refractivity contribution < 1.29 is 24.0 Å². The van der Waals surface area contributed by atoms with Gasteiger partial charge in [-0.15, -0.1) is 0 Å². The Morgan fingerprint density at radius 1 is 1.47 bits per heavy atom. The van der Waals surface area contributed by atoms with Crippen LogP contribution in [0.25, 0.3) is 0 Å². The van der Waals surface area contributed by atoms with Gasteiger partial charge < -0.3 is 19.2 Å². The number of benzene rings is 1. The number of aliphatic hydroxyl groups is 1. The summed E-state index contributed by atoms with van der Waals surface area (Å²) in [7, 11) is 2.73. The number of aryl methyl sites for hydroxylation is 1. The van der Waals surface area contributed by atoms with Crippen LogP contribution in [0.2, 0.25) is 0 Å². The molecule has 0 saturated heterocycles. The Hall–Kier alpha value is -2.11. The fourth-order valence-corrected chi connectivity index (χ4v) is 1.16. The van der Waals surface area contributed by atoms with Gasteiger partial charge in [0.2, 0.25) is 5.76 Å². The molecule has 0 aromatic heterocycles. The average molecular weight is 236 g/mol. The van der Waals surface area contributed by atoms with Crippen molar-refractivity contribution in [1.82, 2.24) is 0 Å². The number of carbonyl (C=O) groups is 1. The van der Waals surface area contributed by atoms with E-state index in [0.29, 0.717) is 17.8 Å². The Morgan fingerprint density at radius 2 is 2.18 bits per heavy atom. The zero-order chi connectivity index (χ0) is 12.8. The molecule has 90 valence electrons. The Bertz CT molecular complexity index is 441. The molecule has 0 fully saturated rings. The summed E-state index contributed by atoms with van der Waals surface area (Å²) in [5.41, 5.74) is 0.800. The van der Waals surface area contributed by atoms with Gasteiger partial charge in [0, 0.05) is 6.07 Å². The van der Waals surface area contributed by atoms with Gasteiger partial charge in [-0.1, -0.05) is 6.07 Å². The third-order valence-corrected chi connectivity index (χ3v) is 2.12. The summed E-state index contributed by atoms with van der Waals surface area (Å²) in [6.07, 6.45) is 0.560. The van der Waals surface area contributed by atoms with E-state index in [4.69, 9.17) is 14.5 Å². The summed E-state index contributed by atoms with van der Waals surface area (Å²) < 4.78 is 14.7. The van der Waals surface area contributed by atoms with Crippen molar-refractivity contribution in [3.8, 4) is 11.5 Å². The molecule has 1 aromatic rings. The molecule has 5 nitrogen and oxygen atoms in total. The fraction of sp³-hybridized carbons (Fsp3) is 0.182. The second-order valence-electron chi connectivity index (χ2n) is 3.22. The molecule has 0 radical (unpaired) electrons. The van der Waals surface area contributed by atoms with Crippen LogP contribution >= 0.6 is 0 Å². The molecule has 0 saturated carbocycles. The van der Waals surface area contributed by atoms with Crippen LogP contribution in [-0.4, -0.2) is 26.2 Å². The van der Waals surface area contributed by atoms with E-state index in [1.54, 1.807) is 25.1 Å². The first kappa shape index (κ1) is 13.0. The van der Waals surface area contributed by atoms with Gasteiger partial charge in [-0.2, -0.15) is 0 Å². The molecule has 1 aromatic carbocycles. The van der Waals surface area contributed by atoms with Crippen molar-refractivity contribution in [1.29, 1.82) is 0 Å². The third kappa shape index (κ3) is 3.17. The van der Waals surface area contributed by atoms with Crippen LogP contribution in [0.5, 0.6) is 11.5 Å². The lowest BCUT2D eigenvalue weighted by Crippen LogP contribution is -2.11. The van der Waals surface area contributed by atoms with Gasteiger partial charge >= 0.3 is 14.0 Å². The molecule has 0 aliphatic carbocycles. The monoisotopic (exact) mass is 236 g/mol. The minimum absolute atomic E-state index is 0.288. The SMILES string of the molecule is BOc1ccc(C)c(O/C(=C\O)C(=O)OC)c1. The number of aliphatic hydroxyl groups excluding tert-OH is 1. The molecule has 1 N–H and O–H groups in total. The van der Waals surface area contributed by atoms with Crippen LogP contribution in [0.1, 0.15) is 5.56 Å². The topological polar surface area (TPSA) is 65.0 Å². The van der Waals surface area contributed by atoms with Crippen LogP contribution in [0, 0.1) is 6.92 Å². The molecule has 0 heterocycles. The summed E-state index contributed by atoms with van der Waals surface area (Å²) in [5.74, 6) is -0.0404. The van der Waals surface area contributed by atoms with Gasteiger partial charge in [0.15, 0.2) is 0 Å². The molecule has 0 aliphatic heterocycles. The van der Waals surface area contributed by atoms with Gasteiger partial charge in [0.1, 0.15) is 17.8 Å². The normalized spacial score (nSPS) is 10.8. The van der Waals surface area contributed by atoms with Gasteiger partial charge in [0.25, 0.3) is 0 Å². The van der Waals surface area contributed by atoms with Crippen molar-refractivity contribution >= 4 is 14.0 Å². The van der Waals surface area contributed by atoms with E-state index < -0.39 is 5.97 Å². The average Bonchev–Trinajstić information content (AvgIpc) is 2.36. The Balaban J connectivity index is 2.97. The molecule has 6 heteroatoms. The van der Waals surface area contributed by atoms with E-state index >= 15 is 0 Å². The van der Waals surface area contributed by atoms with Crippen LogP contribution in [-0.2, 0) is 9.53 Å². The molecule has 0 aliphatic rings. The van der Waals surface area contributed by atoms with Gasteiger partial charge in [-0.3, -0.25) is 0 Å². The van der Waals surface area contributed by atoms with Crippen molar-refractivity contribution in [2.24, 2.45) is 0 Å². The number of carbonyl (C=O) groups excluding carboxylic acids is 1. The zero-order valence-electron chi connectivity index (χ0n) is 9.89. The maximum atomic E-state index is 11.2. The summed E-state index contributed by atoms with van der Waals surface area (Å²) in [5, 5.41) is 8.89. The van der Waals surface area contributed by atoms with E-state index in [1.807, 2.05) is 0 Å². The molecule has 1 rings (SSSR count). The number of esters is 1. The molecule has 0 amide bonds.